The Labute approximate surface area is 172 Å². The molecule has 29 heavy (non-hydrogen) atoms. The van der Waals surface area contributed by atoms with Gasteiger partial charge in [0.05, 0.1) is 0 Å². The van der Waals surface area contributed by atoms with E-state index in [1.165, 1.54) is 16.7 Å². The molecule has 0 N–H and O–H groups in total. The minimum absolute atomic E-state index is 0.157. The van der Waals surface area contributed by atoms with Gasteiger partial charge in [0.2, 0.25) is 0 Å². The van der Waals surface area contributed by atoms with Crippen LogP contribution in [-0.4, -0.2) is 41.4 Å². The van der Waals surface area contributed by atoms with Crippen LogP contribution in [-0.2, 0) is 13.0 Å². The summed E-state index contributed by atoms with van der Waals surface area (Å²) in [5.74, 6) is 0.157. The molecule has 0 aliphatic carbocycles. The van der Waals surface area contributed by atoms with Crippen molar-refractivity contribution in [3.8, 4) is 11.1 Å². The maximum absolute atomic E-state index is 13.0. The van der Waals surface area contributed by atoms with Gasteiger partial charge < -0.3 is 4.90 Å². The SMILES string of the molecule is O=C(c1ccc(-c2ccccc2)cc1)N1CC[C@H](N2CCc3ccccc3C2)C1. The number of rotatable bonds is 3. The van der Waals surface area contributed by atoms with E-state index in [0.29, 0.717) is 6.04 Å². The average Bonchev–Trinajstić information content (AvgIpc) is 3.29. The van der Waals surface area contributed by atoms with Crippen molar-refractivity contribution >= 4 is 5.91 Å². The summed E-state index contributed by atoms with van der Waals surface area (Å²) < 4.78 is 0. The summed E-state index contributed by atoms with van der Waals surface area (Å²) >= 11 is 0. The molecule has 3 heteroatoms. The summed E-state index contributed by atoms with van der Waals surface area (Å²) in [6.07, 6.45) is 2.18. The lowest BCUT2D eigenvalue weighted by Gasteiger charge is -2.33. The van der Waals surface area contributed by atoms with Crippen LogP contribution < -0.4 is 0 Å². The first-order chi connectivity index (χ1) is 14.3. The number of hydrogen-bond donors (Lipinski definition) is 0. The molecule has 0 radical (unpaired) electrons. The third kappa shape index (κ3) is 3.70. The lowest BCUT2D eigenvalue weighted by Crippen LogP contribution is -2.41. The van der Waals surface area contributed by atoms with E-state index in [-0.39, 0.29) is 5.91 Å². The molecule has 5 rings (SSSR count). The molecule has 1 atom stereocenters. The summed E-state index contributed by atoms with van der Waals surface area (Å²) in [4.78, 5) is 17.6. The number of hydrogen-bond acceptors (Lipinski definition) is 2. The highest BCUT2D eigenvalue weighted by molar-refractivity contribution is 5.95. The van der Waals surface area contributed by atoms with Gasteiger partial charge in [-0.2, -0.15) is 0 Å². The molecule has 1 saturated heterocycles. The number of benzene rings is 3. The number of likely N-dealkylation sites (tertiary alicyclic amines) is 1. The second-order valence-corrected chi connectivity index (χ2v) is 8.13. The molecule has 3 aromatic rings. The van der Waals surface area contributed by atoms with Gasteiger partial charge in [0.25, 0.3) is 5.91 Å². The second kappa shape index (κ2) is 7.84. The van der Waals surface area contributed by atoms with Gasteiger partial charge in [0.15, 0.2) is 0 Å². The standard InChI is InChI=1S/C26H26N2O/c29-26(23-12-10-22(11-13-23)20-6-2-1-3-7-20)28-17-15-25(19-28)27-16-14-21-8-4-5-9-24(21)18-27/h1-13,25H,14-19H2/t25-/m0/s1. The zero-order valence-electron chi connectivity index (χ0n) is 16.6. The van der Waals surface area contributed by atoms with Crippen molar-refractivity contribution in [2.24, 2.45) is 0 Å². The molecule has 0 aromatic heterocycles. The Balaban J connectivity index is 1.24. The molecule has 0 unspecified atom stereocenters. The Morgan fingerprint density at radius 3 is 2.24 bits per heavy atom. The Kier molecular flexibility index (Phi) is 4.91. The Morgan fingerprint density at radius 2 is 1.45 bits per heavy atom. The molecule has 1 amide bonds. The van der Waals surface area contributed by atoms with Crippen LogP contribution in [0.4, 0.5) is 0 Å². The predicted molar refractivity (Wildman–Crippen MR) is 117 cm³/mol. The van der Waals surface area contributed by atoms with Crippen molar-refractivity contribution < 1.29 is 4.79 Å². The van der Waals surface area contributed by atoms with Crippen LogP contribution in [0.2, 0.25) is 0 Å². The van der Waals surface area contributed by atoms with Crippen LogP contribution in [0.15, 0.2) is 78.9 Å². The Morgan fingerprint density at radius 1 is 0.759 bits per heavy atom. The molecular weight excluding hydrogens is 356 g/mol. The van der Waals surface area contributed by atoms with Crippen LogP contribution in [0.25, 0.3) is 11.1 Å². The first kappa shape index (κ1) is 18.1. The van der Waals surface area contributed by atoms with E-state index < -0.39 is 0 Å². The minimum atomic E-state index is 0.157. The molecule has 2 heterocycles. The third-order valence-electron chi connectivity index (χ3n) is 6.37. The number of nitrogens with zero attached hydrogens (tertiary/aromatic N) is 2. The number of carbonyl (C=O) groups is 1. The van der Waals surface area contributed by atoms with Crippen LogP contribution >= 0.6 is 0 Å². The van der Waals surface area contributed by atoms with Crippen molar-refractivity contribution in [3.63, 3.8) is 0 Å². The van der Waals surface area contributed by atoms with Gasteiger partial charge in [0.1, 0.15) is 0 Å². The second-order valence-electron chi connectivity index (χ2n) is 8.13. The van der Waals surface area contributed by atoms with Crippen LogP contribution in [0.5, 0.6) is 0 Å². The van der Waals surface area contributed by atoms with Gasteiger partial charge in [0, 0.05) is 37.8 Å². The first-order valence-electron chi connectivity index (χ1n) is 10.5. The van der Waals surface area contributed by atoms with Gasteiger partial charge in [-0.25, -0.2) is 0 Å². The van der Waals surface area contributed by atoms with E-state index in [0.717, 1.165) is 50.1 Å². The van der Waals surface area contributed by atoms with Crippen molar-refractivity contribution in [3.05, 3.63) is 95.6 Å². The molecule has 3 aromatic carbocycles. The summed E-state index contributed by atoms with van der Waals surface area (Å²) in [7, 11) is 0. The van der Waals surface area contributed by atoms with Gasteiger partial charge in [-0.15, -0.1) is 0 Å². The van der Waals surface area contributed by atoms with E-state index in [4.69, 9.17) is 0 Å². The fraction of sp³-hybridized carbons (Fsp3) is 0.269. The van der Waals surface area contributed by atoms with Crippen LogP contribution in [0.1, 0.15) is 27.9 Å². The first-order valence-corrected chi connectivity index (χ1v) is 10.5. The lowest BCUT2D eigenvalue weighted by molar-refractivity contribution is 0.0773. The topological polar surface area (TPSA) is 23.6 Å². The zero-order valence-corrected chi connectivity index (χ0v) is 16.6. The molecule has 2 aliphatic rings. The quantitative estimate of drug-likeness (QED) is 0.660. The molecule has 0 bridgehead atoms. The van der Waals surface area contributed by atoms with Crippen molar-refractivity contribution in [2.75, 3.05) is 19.6 Å². The number of carbonyl (C=O) groups excluding carboxylic acids is 1. The summed E-state index contributed by atoms with van der Waals surface area (Å²) in [6, 6.07) is 27.6. The van der Waals surface area contributed by atoms with Crippen LogP contribution in [0, 0.1) is 0 Å². The Hall–Kier alpha value is -2.91. The smallest absolute Gasteiger partial charge is 0.253 e. The molecule has 0 spiro atoms. The Bertz CT molecular complexity index is 997. The fourth-order valence-electron chi connectivity index (χ4n) is 4.67. The predicted octanol–water partition coefficient (Wildman–Crippen LogP) is 4.63. The molecule has 146 valence electrons. The average molecular weight is 383 g/mol. The van der Waals surface area contributed by atoms with Gasteiger partial charge >= 0.3 is 0 Å². The highest BCUT2D eigenvalue weighted by Gasteiger charge is 2.32. The van der Waals surface area contributed by atoms with Gasteiger partial charge in [-0.1, -0.05) is 66.7 Å². The number of fused-ring (bicyclic) bond motifs is 1. The highest BCUT2D eigenvalue weighted by Crippen LogP contribution is 2.26. The number of amides is 1. The van der Waals surface area contributed by atoms with Crippen molar-refractivity contribution in [1.82, 2.24) is 9.80 Å². The zero-order chi connectivity index (χ0) is 19.6. The minimum Gasteiger partial charge on any atom is -0.337 e. The molecule has 0 saturated carbocycles. The molecule has 2 aliphatic heterocycles. The third-order valence-corrected chi connectivity index (χ3v) is 6.37. The van der Waals surface area contributed by atoms with E-state index >= 15 is 0 Å². The summed E-state index contributed by atoms with van der Waals surface area (Å²) in [6.45, 7) is 3.79. The molecule has 1 fully saturated rings. The largest absolute Gasteiger partial charge is 0.337 e. The maximum atomic E-state index is 13.0. The maximum Gasteiger partial charge on any atom is 0.253 e. The monoisotopic (exact) mass is 382 g/mol. The van der Waals surface area contributed by atoms with E-state index in [1.54, 1.807) is 0 Å². The summed E-state index contributed by atoms with van der Waals surface area (Å²) in [5, 5.41) is 0. The normalized spacial score (nSPS) is 19.2. The highest BCUT2D eigenvalue weighted by atomic mass is 16.2. The van der Waals surface area contributed by atoms with E-state index in [2.05, 4.69) is 53.4 Å². The van der Waals surface area contributed by atoms with E-state index in [1.807, 2.05) is 35.2 Å². The fourth-order valence-corrected chi connectivity index (χ4v) is 4.67. The lowest BCUT2D eigenvalue weighted by atomic mass is 9.98. The van der Waals surface area contributed by atoms with Crippen molar-refractivity contribution in [2.45, 2.75) is 25.4 Å². The molecule has 3 nitrogen and oxygen atoms in total. The van der Waals surface area contributed by atoms with Gasteiger partial charge in [-0.05, 0) is 47.2 Å². The van der Waals surface area contributed by atoms with Crippen molar-refractivity contribution in [1.29, 1.82) is 0 Å². The van der Waals surface area contributed by atoms with Crippen LogP contribution in [0.3, 0.4) is 0 Å². The van der Waals surface area contributed by atoms with Gasteiger partial charge in [-0.3, -0.25) is 9.69 Å². The summed E-state index contributed by atoms with van der Waals surface area (Å²) in [5.41, 5.74) is 6.04. The molecular formula is C26H26N2O. The van der Waals surface area contributed by atoms with E-state index in [9.17, 15) is 4.79 Å².